The molecule has 0 aliphatic carbocycles. The van der Waals surface area contributed by atoms with Crippen molar-refractivity contribution in [2.75, 3.05) is 11.1 Å². The van der Waals surface area contributed by atoms with E-state index in [1.165, 1.54) is 5.56 Å². The van der Waals surface area contributed by atoms with E-state index in [1.54, 1.807) is 24.3 Å². The van der Waals surface area contributed by atoms with Crippen LogP contribution in [0.15, 0.2) is 60.7 Å². The molecule has 0 aliphatic rings. The molecule has 0 spiro atoms. The fourth-order valence-electron chi connectivity index (χ4n) is 3.04. The lowest BCUT2D eigenvalue weighted by molar-refractivity contribution is 0.102. The Kier molecular flexibility index (Phi) is 5.87. The first-order chi connectivity index (χ1) is 13.7. The molecule has 2 aromatic carbocycles. The summed E-state index contributed by atoms with van der Waals surface area (Å²) in [4.78, 5) is 16.5. The Labute approximate surface area is 171 Å². The average Bonchev–Trinajstić information content (AvgIpc) is 2.62. The fraction of sp³-hybridized carbons (Fsp3) is 0.250. The van der Waals surface area contributed by atoms with E-state index in [9.17, 15) is 4.79 Å². The van der Waals surface area contributed by atoms with Crippen molar-refractivity contribution in [3.63, 3.8) is 0 Å². The van der Waals surface area contributed by atoms with Gasteiger partial charge in [-0.15, -0.1) is 0 Å². The zero-order valence-corrected chi connectivity index (χ0v) is 17.3. The molecule has 5 heteroatoms. The first-order valence-electron chi connectivity index (χ1n) is 9.61. The van der Waals surface area contributed by atoms with E-state index >= 15 is 0 Å². The number of nitrogens with two attached hydrogens (primary N) is 1. The predicted octanol–water partition coefficient (Wildman–Crippen LogP) is 5.61. The number of nitrogen functional groups attached to an aromatic ring is 1. The number of anilines is 2. The van der Waals surface area contributed by atoms with Gasteiger partial charge in [0.15, 0.2) is 0 Å². The van der Waals surface area contributed by atoms with Gasteiger partial charge in [0.05, 0.1) is 5.56 Å². The van der Waals surface area contributed by atoms with Crippen LogP contribution in [0.4, 0.5) is 11.5 Å². The molecule has 1 heterocycles. The second-order valence-electron chi connectivity index (χ2n) is 8.35. The molecule has 150 valence electrons. The number of ether oxygens (including phenoxy) is 1. The minimum atomic E-state index is -0.293. The third kappa shape index (κ3) is 5.82. The number of rotatable bonds is 5. The number of hydrogen-bond acceptors (Lipinski definition) is 4. The Bertz CT molecular complexity index is 1010. The molecule has 0 fully saturated rings. The summed E-state index contributed by atoms with van der Waals surface area (Å²) in [5.41, 5.74) is 9.08. The normalized spacial score (nSPS) is 11.2. The summed E-state index contributed by atoms with van der Waals surface area (Å²) in [7, 11) is 0. The number of carbonyl (C=O) groups excluding carboxylic acids is 1. The molecule has 29 heavy (non-hydrogen) atoms. The summed E-state index contributed by atoms with van der Waals surface area (Å²) < 4.78 is 5.97. The van der Waals surface area contributed by atoms with Crippen molar-refractivity contribution in [3.8, 4) is 11.5 Å². The molecule has 3 N–H and O–H groups in total. The molecule has 0 atom stereocenters. The van der Waals surface area contributed by atoms with E-state index in [0.29, 0.717) is 17.0 Å². The zero-order valence-electron chi connectivity index (χ0n) is 17.3. The van der Waals surface area contributed by atoms with Gasteiger partial charge in [0.25, 0.3) is 5.91 Å². The third-order valence-corrected chi connectivity index (χ3v) is 4.29. The fourth-order valence-corrected chi connectivity index (χ4v) is 3.04. The number of aromatic nitrogens is 1. The zero-order chi connectivity index (χ0) is 21.0. The average molecular weight is 389 g/mol. The van der Waals surface area contributed by atoms with E-state index < -0.39 is 0 Å². The summed E-state index contributed by atoms with van der Waals surface area (Å²) in [5, 5.41) is 2.83. The first-order valence-corrected chi connectivity index (χ1v) is 9.61. The third-order valence-electron chi connectivity index (χ3n) is 4.29. The van der Waals surface area contributed by atoms with Crippen molar-refractivity contribution in [1.29, 1.82) is 0 Å². The monoisotopic (exact) mass is 389 g/mol. The van der Waals surface area contributed by atoms with Crippen molar-refractivity contribution in [3.05, 3.63) is 77.5 Å². The van der Waals surface area contributed by atoms with Gasteiger partial charge in [-0.05, 0) is 72.9 Å². The van der Waals surface area contributed by atoms with Crippen LogP contribution in [-0.2, 0) is 6.42 Å². The van der Waals surface area contributed by atoms with Gasteiger partial charge in [0.2, 0.25) is 0 Å². The predicted molar refractivity (Wildman–Crippen MR) is 117 cm³/mol. The smallest absolute Gasteiger partial charge is 0.259 e. The summed E-state index contributed by atoms with van der Waals surface area (Å²) in [6.07, 6.45) is 0.978. The number of aryl methyl sites for hydroxylation is 1. The molecule has 0 unspecified atom stereocenters. The SMILES string of the molecule is Cc1ccc(C(=O)Nc2ccc(Oc3cccc(CC(C)(C)C)c3)cc2)c(N)n1. The maximum atomic E-state index is 12.4. The van der Waals surface area contributed by atoms with Crippen LogP contribution >= 0.6 is 0 Å². The van der Waals surface area contributed by atoms with E-state index in [0.717, 1.165) is 17.9 Å². The highest BCUT2D eigenvalue weighted by Gasteiger charge is 2.13. The van der Waals surface area contributed by atoms with Gasteiger partial charge in [-0.3, -0.25) is 4.79 Å². The van der Waals surface area contributed by atoms with Gasteiger partial charge < -0.3 is 15.8 Å². The number of amides is 1. The molecule has 0 bridgehead atoms. The van der Waals surface area contributed by atoms with Gasteiger partial charge >= 0.3 is 0 Å². The minimum Gasteiger partial charge on any atom is -0.457 e. The summed E-state index contributed by atoms with van der Waals surface area (Å²) in [5.74, 6) is 1.42. The topological polar surface area (TPSA) is 77.2 Å². The lowest BCUT2D eigenvalue weighted by atomic mass is 9.88. The molecule has 1 aromatic heterocycles. The van der Waals surface area contributed by atoms with E-state index in [2.05, 4.69) is 43.2 Å². The standard InChI is InChI=1S/C24H27N3O2/c1-16-8-13-21(22(25)26-16)23(28)27-18-9-11-19(12-10-18)29-20-7-5-6-17(14-20)15-24(2,3)4/h5-14H,15H2,1-4H3,(H2,25,26)(H,27,28). The Hall–Kier alpha value is -3.34. The van der Waals surface area contributed by atoms with Crippen LogP contribution in [0, 0.1) is 12.3 Å². The van der Waals surface area contributed by atoms with Crippen LogP contribution in [0.3, 0.4) is 0 Å². The second-order valence-corrected chi connectivity index (χ2v) is 8.35. The Morgan fingerprint density at radius 1 is 1.03 bits per heavy atom. The van der Waals surface area contributed by atoms with Crippen LogP contribution in [0.1, 0.15) is 42.4 Å². The number of carbonyl (C=O) groups is 1. The van der Waals surface area contributed by atoms with Crippen LogP contribution in [-0.4, -0.2) is 10.9 Å². The lowest BCUT2D eigenvalue weighted by Gasteiger charge is -2.18. The van der Waals surface area contributed by atoms with Crippen molar-refractivity contribution in [1.82, 2.24) is 4.98 Å². The lowest BCUT2D eigenvalue weighted by Crippen LogP contribution is -2.15. The molecule has 5 nitrogen and oxygen atoms in total. The number of benzene rings is 2. The molecular formula is C24H27N3O2. The van der Waals surface area contributed by atoms with Crippen molar-refractivity contribution in [2.45, 2.75) is 34.1 Å². The van der Waals surface area contributed by atoms with Crippen molar-refractivity contribution >= 4 is 17.4 Å². The van der Waals surface area contributed by atoms with Gasteiger partial charge in [0.1, 0.15) is 17.3 Å². The molecule has 0 radical (unpaired) electrons. The maximum Gasteiger partial charge on any atom is 0.259 e. The Morgan fingerprint density at radius 3 is 2.41 bits per heavy atom. The van der Waals surface area contributed by atoms with E-state index in [-0.39, 0.29) is 17.1 Å². The van der Waals surface area contributed by atoms with Gasteiger partial charge in [-0.25, -0.2) is 4.98 Å². The van der Waals surface area contributed by atoms with Crippen LogP contribution in [0.25, 0.3) is 0 Å². The van der Waals surface area contributed by atoms with Crippen LogP contribution in [0.5, 0.6) is 11.5 Å². The van der Waals surface area contributed by atoms with Gasteiger partial charge in [0, 0.05) is 11.4 Å². The molecule has 1 amide bonds. The summed E-state index contributed by atoms with van der Waals surface area (Å²) in [6, 6.07) is 18.8. The quantitative estimate of drug-likeness (QED) is 0.595. The van der Waals surface area contributed by atoms with Crippen LogP contribution in [0.2, 0.25) is 0 Å². The Balaban J connectivity index is 1.66. The maximum absolute atomic E-state index is 12.4. The molecular weight excluding hydrogens is 362 g/mol. The van der Waals surface area contributed by atoms with Crippen molar-refractivity contribution in [2.24, 2.45) is 5.41 Å². The first kappa shape index (κ1) is 20.4. The summed E-state index contributed by atoms with van der Waals surface area (Å²) >= 11 is 0. The highest BCUT2D eigenvalue weighted by Crippen LogP contribution is 2.27. The second kappa shape index (κ2) is 8.35. The molecule has 0 saturated carbocycles. The number of pyridine rings is 1. The highest BCUT2D eigenvalue weighted by molar-refractivity contribution is 6.07. The minimum absolute atomic E-state index is 0.217. The number of nitrogens with one attached hydrogen (secondary N) is 1. The van der Waals surface area contributed by atoms with Gasteiger partial charge in [-0.2, -0.15) is 0 Å². The highest BCUT2D eigenvalue weighted by atomic mass is 16.5. The Morgan fingerprint density at radius 2 is 1.76 bits per heavy atom. The van der Waals surface area contributed by atoms with Gasteiger partial charge in [-0.1, -0.05) is 32.9 Å². The number of nitrogens with zero attached hydrogens (tertiary/aromatic N) is 1. The summed E-state index contributed by atoms with van der Waals surface area (Å²) in [6.45, 7) is 8.48. The molecule has 3 aromatic rings. The van der Waals surface area contributed by atoms with E-state index in [4.69, 9.17) is 10.5 Å². The molecule has 0 aliphatic heterocycles. The van der Waals surface area contributed by atoms with Crippen LogP contribution < -0.4 is 15.8 Å². The largest absolute Gasteiger partial charge is 0.457 e. The molecule has 0 saturated heterocycles. The molecule has 3 rings (SSSR count). The van der Waals surface area contributed by atoms with Crippen molar-refractivity contribution < 1.29 is 9.53 Å². The number of hydrogen-bond donors (Lipinski definition) is 2. The van der Waals surface area contributed by atoms with E-state index in [1.807, 2.05) is 31.2 Å².